The molecule has 18 nitrogen and oxygen atoms in total. The highest BCUT2D eigenvalue weighted by molar-refractivity contribution is 7.85. The lowest BCUT2D eigenvalue weighted by Crippen LogP contribution is -2.36. The van der Waals surface area contributed by atoms with Crippen LogP contribution in [0.2, 0.25) is 0 Å². The molecule has 4 aliphatic rings. The normalized spacial score (nSPS) is 19.6. The Bertz CT molecular complexity index is 2060. The first-order chi connectivity index (χ1) is 24.8. The van der Waals surface area contributed by atoms with Crippen molar-refractivity contribution in [2.24, 2.45) is 15.4 Å². The van der Waals surface area contributed by atoms with Crippen molar-refractivity contribution in [2.75, 3.05) is 12.3 Å². The van der Waals surface area contributed by atoms with Gasteiger partial charge in [0.15, 0.2) is 11.9 Å². The summed E-state index contributed by atoms with van der Waals surface area (Å²) in [7, 11) is -4.47. The van der Waals surface area contributed by atoms with E-state index in [9.17, 15) is 47.6 Å². The van der Waals surface area contributed by atoms with Gasteiger partial charge in [-0.15, -0.1) is 5.06 Å². The van der Waals surface area contributed by atoms with Gasteiger partial charge < -0.3 is 14.3 Å². The minimum atomic E-state index is -4.47. The van der Waals surface area contributed by atoms with Crippen molar-refractivity contribution < 1.29 is 46.6 Å². The topological polar surface area (TPSA) is 239 Å². The van der Waals surface area contributed by atoms with Crippen molar-refractivity contribution in [3.63, 3.8) is 0 Å². The number of nitro groups is 2. The molecule has 0 aliphatic carbocycles. The highest BCUT2D eigenvalue weighted by atomic mass is 32.2. The van der Waals surface area contributed by atoms with Gasteiger partial charge in [-0.1, -0.05) is 26.3 Å². The van der Waals surface area contributed by atoms with Crippen molar-refractivity contribution in [3.8, 4) is 0 Å². The summed E-state index contributed by atoms with van der Waals surface area (Å²) in [4.78, 5) is 74.3. The van der Waals surface area contributed by atoms with E-state index < -0.39 is 54.3 Å². The van der Waals surface area contributed by atoms with Crippen LogP contribution in [-0.2, 0) is 41.3 Å². The second-order valence-electron chi connectivity index (χ2n) is 14.0. The number of imide groups is 1. The average Bonchev–Trinajstić information content (AvgIpc) is 3.62. The number of nitrogens with zero attached hydrogens (tertiary/aromatic N) is 7. The van der Waals surface area contributed by atoms with E-state index in [-0.39, 0.29) is 43.6 Å². The number of amidine groups is 1. The molecule has 2 amide bonds. The molecular formula is C34H39N7O11S. The molecule has 0 saturated carbocycles. The van der Waals surface area contributed by atoms with Gasteiger partial charge in [-0.3, -0.25) is 29.8 Å². The number of fused-ring (bicyclic) bond motifs is 2. The van der Waals surface area contributed by atoms with Crippen LogP contribution in [0.3, 0.4) is 0 Å². The van der Waals surface area contributed by atoms with E-state index in [1.54, 1.807) is 23.1 Å². The number of aryl methyl sites for hydroxylation is 1. The zero-order valence-corrected chi connectivity index (χ0v) is 30.5. The summed E-state index contributed by atoms with van der Waals surface area (Å²) >= 11 is 0. The number of aliphatic imine (C=N–C) groups is 2. The second-order valence-corrected chi connectivity index (χ2v) is 15.5. The third-order valence-electron chi connectivity index (χ3n) is 9.47. The molecule has 0 aromatic carbocycles. The van der Waals surface area contributed by atoms with Gasteiger partial charge in [-0.05, 0) is 50.3 Å². The lowest BCUT2D eigenvalue weighted by atomic mass is 9.80. The molecule has 5 heterocycles. The summed E-state index contributed by atoms with van der Waals surface area (Å²) < 4.78 is 35.0. The van der Waals surface area contributed by atoms with E-state index in [4.69, 9.17) is 14.8 Å². The van der Waals surface area contributed by atoms with Crippen molar-refractivity contribution >= 4 is 51.0 Å². The van der Waals surface area contributed by atoms with Gasteiger partial charge in [-0.25, -0.2) is 22.8 Å². The van der Waals surface area contributed by atoms with Gasteiger partial charge in [-0.2, -0.15) is 0 Å². The molecule has 0 N–H and O–H groups in total. The SMILES string of the molecule is CC1(C)C2=CC([N+](=O)[O-])=CN(CCCCCC(=O)ON3C(=O)CCC3=O)C2=N/C1=C\C=C\C1=Nc2c(cc([N+](=O)[O-])c[n+]2CCCS(=O)(=O)[O-])C1(C)C. The number of pyridine rings is 1. The maximum atomic E-state index is 12.2. The summed E-state index contributed by atoms with van der Waals surface area (Å²) in [5.74, 6) is -1.46. The monoisotopic (exact) mass is 753 g/mol. The van der Waals surface area contributed by atoms with Gasteiger partial charge in [0.05, 0.1) is 49.4 Å². The van der Waals surface area contributed by atoms with Crippen LogP contribution in [0.15, 0.2) is 69.7 Å². The van der Waals surface area contributed by atoms with Crippen LogP contribution in [0.4, 0.5) is 11.5 Å². The number of allylic oxidation sites excluding steroid dienone is 5. The third kappa shape index (κ3) is 8.46. The maximum Gasteiger partial charge on any atom is 0.333 e. The van der Waals surface area contributed by atoms with Gasteiger partial charge in [0.2, 0.25) is 0 Å². The predicted octanol–water partition coefficient (Wildman–Crippen LogP) is 3.59. The third-order valence-corrected chi connectivity index (χ3v) is 10.3. The van der Waals surface area contributed by atoms with Crippen LogP contribution in [0, 0.1) is 25.6 Å². The van der Waals surface area contributed by atoms with E-state index in [1.165, 1.54) is 29.1 Å². The number of unbranched alkanes of at least 4 members (excludes halogenated alkanes) is 2. The van der Waals surface area contributed by atoms with Crippen molar-refractivity contribution in [1.29, 1.82) is 0 Å². The molecule has 19 heteroatoms. The Hall–Kier alpha value is -5.43. The molecular weight excluding hydrogens is 714 g/mol. The van der Waals surface area contributed by atoms with E-state index in [0.29, 0.717) is 65.1 Å². The molecule has 0 bridgehead atoms. The summed E-state index contributed by atoms with van der Waals surface area (Å²) in [5, 5.41) is 24.1. The van der Waals surface area contributed by atoms with Gasteiger partial charge >= 0.3 is 17.5 Å². The Morgan fingerprint density at radius 3 is 2.36 bits per heavy atom. The minimum Gasteiger partial charge on any atom is -0.748 e. The highest BCUT2D eigenvalue weighted by Gasteiger charge is 2.45. The molecule has 282 valence electrons. The van der Waals surface area contributed by atoms with Crippen molar-refractivity contribution in [3.05, 3.63) is 85.5 Å². The molecule has 1 aromatic heterocycles. The maximum absolute atomic E-state index is 12.2. The van der Waals surface area contributed by atoms with Crippen LogP contribution < -0.4 is 4.57 Å². The van der Waals surface area contributed by atoms with Crippen molar-refractivity contribution in [2.45, 2.75) is 84.6 Å². The molecule has 53 heavy (non-hydrogen) atoms. The first-order valence-electron chi connectivity index (χ1n) is 16.9. The van der Waals surface area contributed by atoms with Crippen LogP contribution in [0.25, 0.3) is 0 Å². The summed E-state index contributed by atoms with van der Waals surface area (Å²) in [6.45, 7) is 7.89. The number of amides is 2. The van der Waals surface area contributed by atoms with Crippen LogP contribution >= 0.6 is 0 Å². The lowest BCUT2D eigenvalue weighted by Gasteiger charge is -2.28. The molecule has 1 aromatic rings. The molecule has 1 saturated heterocycles. The summed E-state index contributed by atoms with van der Waals surface area (Å²) in [6, 6.07) is 1.43. The molecule has 0 atom stereocenters. The zero-order chi connectivity index (χ0) is 38.9. The fourth-order valence-corrected chi connectivity index (χ4v) is 6.89. The lowest BCUT2D eigenvalue weighted by molar-refractivity contribution is -0.686. The summed E-state index contributed by atoms with van der Waals surface area (Å²) in [6.07, 6.45) is 10.9. The van der Waals surface area contributed by atoms with E-state index in [2.05, 4.69) is 0 Å². The number of carbonyl (C=O) groups excluding carboxylic acids is 3. The standard InChI is InChI=1S/C34H39N7O11S/c1-33(2)24-18-22(40(45)46)20-37(15-7-5-6-12-30(44)52-39-28(42)13-14-29(39)43)31(24)35-26(33)10-8-11-27-34(3,4)25-19-23(41(47)48)21-38(32(25)36-27)16-9-17-53(49,50)51/h8,10-11,18-21H,5-7,9,12-17H2,1-4H3. The average molecular weight is 754 g/mol. The van der Waals surface area contributed by atoms with Crippen LogP contribution in [0.1, 0.15) is 78.2 Å². The molecule has 0 spiro atoms. The van der Waals surface area contributed by atoms with Gasteiger partial charge in [0.25, 0.3) is 17.5 Å². The number of carbonyl (C=O) groups is 3. The Kier molecular flexibility index (Phi) is 10.9. The highest BCUT2D eigenvalue weighted by Crippen LogP contribution is 2.45. The molecule has 4 aliphatic heterocycles. The molecule has 5 rings (SSSR count). The Morgan fingerprint density at radius 2 is 1.72 bits per heavy atom. The first kappa shape index (κ1) is 38.8. The smallest absolute Gasteiger partial charge is 0.333 e. The van der Waals surface area contributed by atoms with Gasteiger partial charge in [0, 0.05) is 54.7 Å². The quantitative estimate of drug-likeness (QED) is 0.0624. The van der Waals surface area contributed by atoms with E-state index in [0.717, 1.165) is 0 Å². The van der Waals surface area contributed by atoms with E-state index in [1.807, 2.05) is 27.7 Å². The minimum absolute atomic E-state index is 0.00696. The number of hydroxylamine groups is 2. The molecule has 0 unspecified atom stereocenters. The second kappa shape index (κ2) is 14.9. The molecule has 1 fully saturated rings. The Balaban J connectivity index is 1.31. The van der Waals surface area contributed by atoms with Crippen LogP contribution in [0.5, 0.6) is 0 Å². The van der Waals surface area contributed by atoms with Crippen LogP contribution in [-0.4, -0.2) is 74.4 Å². The number of rotatable bonds is 15. The number of hydrogen-bond donors (Lipinski definition) is 0. The van der Waals surface area contributed by atoms with Gasteiger partial charge in [0.1, 0.15) is 5.84 Å². The Morgan fingerprint density at radius 1 is 1.02 bits per heavy atom. The number of aromatic nitrogens is 1. The molecule has 0 radical (unpaired) electrons. The largest absolute Gasteiger partial charge is 0.748 e. The number of hydrogen-bond acceptors (Lipinski definition) is 14. The fourth-order valence-electron chi connectivity index (χ4n) is 6.41. The Labute approximate surface area is 304 Å². The fraction of sp³-hybridized carbons (Fsp3) is 0.471. The zero-order valence-electron chi connectivity index (χ0n) is 29.6. The van der Waals surface area contributed by atoms with E-state index >= 15 is 0 Å². The first-order valence-corrected chi connectivity index (χ1v) is 18.5. The van der Waals surface area contributed by atoms with Crippen molar-refractivity contribution in [1.82, 2.24) is 9.96 Å². The summed E-state index contributed by atoms with van der Waals surface area (Å²) in [5.41, 5.74) is 0.565. The predicted molar refractivity (Wildman–Crippen MR) is 187 cm³/mol.